The van der Waals surface area contributed by atoms with Gasteiger partial charge in [0, 0.05) is 0 Å². The number of alkyl halides is 3. The van der Waals surface area contributed by atoms with Crippen molar-refractivity contribution in [2.75, 3.05) is 6.61 Å². The molecule has 0 radical (unpaired) electrons. The smallest absolute Gasteiger partial charge is 0.418 e. The van der Waals surface area contributed by atoms with E-state index >= 15 is 0 Å². The fraction of sp³-hybridized carbons (Fsp3) is 0.364. The highest BCUT2D eigenvalue weighted by molar-refractivity contribution is 5.68. The van der Waals surface area contributed by atoms with E-state index in [1.807, 2.05) is 0 Å². The van der Waals surface area contributed by atoms with Crippen LogP contribution in [0, 0.1) is 6.92 Å². The van der Waals surface area contributed by atoms with Gasteiger partial charge in [-0.05, 0) is 18.1 Å². The van der Waals surface area contributed by atoms with Crippen molar-refractivity contribution in [3.8, 4) is 0 Å². The summed E-state index contributed by atoms with van der Waals surface area (Å²) >= 11 is 0. The zero-order chi connectivity index (χ0) is 13.1. The molecule has 1 rings (SSSR count). The maximum atomic E-state index is 12.7. The SMILES string of the molecule is Cc1ccccc1[C@H](OCC(=O)O)C(F)(F)F. The first-order valence-corrected chi connectivity index (χ1v) is 4.78. The van der Waals surface area contributed by atoms with Gasteiger partial charge in [-0.25, -0.2) is 4.79 Å². The lowest BCUT2D eigenvalue weighted by Crippen LogP contribution is -2.26. The minimum Gasteiger partial charge on any atom is -0.480 e. The number of carboxylic acids is 1. The van der Waals surface area contributed by atoms with Crippen LogP contribution in [0.4, 0.5) is 13.2 Å². The third-order valence-electron chi connectivity index (χ3n) is 2.14. The monoisotopic (exact) mass is 248 g/mol. The molecule has 1 atom stereocenters. The van der Waals surface area contributed by atoms with Crippen molar-refractivity contribution in [3.05, 3.63) is 35.4 Å². The number of carboxylic acid groups (broad SMARTS) is 1. The number of hydrogen-bond donors (Lipinski definition) is 1. The molecule has 0 spiro atoms. The van der Waals surface area contributed by atoms with Crippen LogP contribution in [0.2, 0.25) is 0 Å². The van der Waals surface area contributed by atoms with Crippen molar-refractivity contribution in [2.24, 2.45) is 0 Å². The predicted molar refractivity (Wildman–Crippen MR) is 53.6 cm³/mol. The van der Waals surface area contributed by atoms with E-state index in [1.165, 1.54) is 25.1 Å². The molecule has 1 N–H and O–H groups in total. The summed E-state index contributed by atoms with van der Waals surface area (Å²) in [5.74, 6) is -1.44. The van der Waals surface area contributed by atoms with Crippen molar-refractivity contribution in [2.45, 2.75) is 19.2 Å². The Bertz CT molecular complexity index is 401. The van der Waals surface area contributed by atoms with Crippen LogP contribution in [0.5, 0.6) is 0 Å². The molecular formula is C11H11F3O3. The highest BCUT2D eigenvalue weighted by Crippen LogP contribution is 2.36. The summed E-state index contributed by atoms with van der Waals surface area (Å²) < 4.78 is 42.6. The molecule has 0 aliphatic heterocycles. The number of hydrogen-bond acceptors (Lipinski definition) is 2. The highest BCUT2D eigenvalue weighted by Gasteiger charge is 2.42. The largest absolute Gasteiger partial charge is 0.480 e. The van der Waals surface area contributed by atoms with Gasteiger partial charge in [0.15, 0.2) is 6.10 Å². The third-order valence-corrected chi connectivity index (χ3v) is 2.14. The second kappa shape index (κ2) is 5.18. The predicted octanol–water partition coefficient (Wildman–Crippen LogP) is 2.70. The number of rotatable bonds is 4. The maximum absolute atomic E-state index is 12.7. The molecule has 3 nitrogen and oxygen atoms in total. The van der Waals surface area contributed by atoms with Gasteiger partial charge in [-0.15, -0.1) is 0 Å². The zero-order valence-corrected chi connectivity index (χ0v) is 8.99. The summed E-state index contributed by atoms with van der Waals surface area (Å²) in [5, 5.41) is 8.35. The van der Waals surface area contributed by atoms with Gasteiger partial charge in [0.2, 0.25) is 0 Å². The van der Waals surface area contributed by atoms with Gasteiger partial charge < -0.3 is 9.84 Å². The maximum Gasteiger partial charge on any atom is 0.418 e. The highest BCUT2D eigenvalue weighted by atomic mass is 19.4. The van der Waals surface area contributed by atoms with Crippen LogP contribution in [-0.2, 0) is 9.53 Å². The van der Waals surface area contributed by atoms with E-state index in [0.29, 0.717) is 5.56 Å². The molecule has 0 fully saturated rings. The summed E-state index contributed by atoms with van der Waals surface area (Å²) in [7, 11) is 0. The van der Waals surface area contributed by atoms with Gasteiger partial charge in [-0.1, -0.05) is 24.3 Å². The summed E-state index contributed by atoms with van der Waals surface area (Å²) in [6.07, 6.45) is -6.85. The first kappa shape index (κ1) is 13.5. The summed E-state index contributed by atoms with van der Waals surface area (Å²) in [6.45, 7) is 0.525. The first-order chi connectivity index (χ1) is 7.82. The van der Waals surface area contributed by atoms with Crippen LogP contribution < -0.4 is 0 Å². The number of ether oxygens (including phenoxy) is 1. The minimum absolute atomic E-state index is 0.0683. The van der Waals surface area contributed by atoms with E-state index < -0.39 is 24.9 Å². The van der Waals surface area contributed by atoms with E-state index in [1.54, 1.807) is 6.07 Å². The van der Waals surface area contributed by atoms with Crippen molar-refractivity contribution in [1.29, 1.82) is 0 Å². The lowest BCUT2D eigenvalue weighted by molar-refractivity contribution is -0.225. The van der Waals surface area contributed by atoms with Gasteiger partial charge in [0.05, 0.1) is 0 Å². The lowest BCUT2D eigenvalue weighted by atomic mass is 10.0. The number of aryl methyl sites for hydroxylation is 1. The topological polar surface area (TPSA) is 46.5 Å². The van der Waals surface area contributed by atoms with Crippen molar-refractivity contribution < 1.29 is 27.8 Å². The Labute approximate surface area is 95.8 Å². The van der Waals surface area contributed by atoms with Crippen LogP contribution in [0.25, 0.3) is 0 Å². The fourth-order valence-electron chi connectivity index (χ4n) is 1.40. The van der Waals surface area contributed by atoms with Crippen LogP contribution in [0.1, 0.15) is 17.2 Å². The van der Waals surface area contributed by atoms with Crippen LogP contribution in [-0.4, -0.2) is 23.9 Å². The molecule has 0 aromatic heterocycles. The molecule has 0 bridgehead atoms. The second-order valence-electron chi connectivity index (χ2n) is 3.48. The van der Waals surface area contributed by atoms with Gasteiger partial charge in [-0.3, -0.25) is 0 Å². The van der Waals surface area contributed by atoms with Gasteiger partial charge >= 0.3 is 12.1 Å². The van der Waals surface area contributed by atoms with Crippen molar-refractivity contribution in [1.82, 2.24) is 0 Å². The Morgan fingerprint density at radius 1 is 1.41 bits per heavy atom. The molecule has 6 heteroatoms. The van der Waals surface area contributed by atoms with E-state index in [9.17, 15) is 18.0 Å². The van der Waals surface area contributed by atoms with Crippen LogP contribution in [0.15, 0.2) is 24.3 Å². The average Bonchev–Trinajstić information content (AvgIpc) is 2.18. The average molecular weight is 248 g/mol. The number of halogens is 3. The van der Waals surface area contributed by atoms with E-state index in [4.69, 9.17) is 5.11 Å². The number of aliphatic carboxylic acids is 1. The van der Waals surface area contributed by atoms with Gasteiger partial charge in [0.25, 0.3) is 0 Å². The van der Waals surface area contributed by atoms with Gasteiger partial charge in [0.1, 0.15) is 6.61 Å². The molecule has 0 saturated heterocycles. The molecule has 0 saturated carbocycles. The zero-order valence-electron chi connectivity index (χ0n) is 8.99. The van der Waals surface area contributed by atoms with E-state index in [2.05, 4.69) is 4.74 Å². The first-order valence-electron chi connectivity index (χ1n) is 4.78. The van der Waals surface area contributed by atoms with E-state index in [0.717, 1.165) is 0 Å². The number of benzene rings is 1. The molecular weight excluding hydrogens is 237 g/mol. The molecule has 0 aliphatic rings. The van der Waals surface area contributed by atoms with Crippen LogP contribution >= 0.6 is 0 Å². The van der Waals surface area contributed by atoms with Crippen molar-refractivity contribution in [3.63, 3.8) is 0 Å². The number of carbonyl (C=O) groups is 1. The molecule has 0 unspecified atom stereocenters. The molecule has 0 amide bonds. The van der Waals surface area contributed by atoms with Crippen molar-refractivity contribution >= 4 is 5.97 Å². The summed E-state index contributed by atoms with van der Waals surface area (Å²) in [5.41, 5.74) is 0.335. The second-order valence-corrected chi connectivity index (χ2v) is 3.48. The Kier molecular flexibility index (Phi) is 4.11. The van der Waals surface area contributed by atoms with Crippen LogP contribution in [0.3, 0.4) is 0 Å². The molecule has 0 aliphatic carbocycles. The fourth-order valence-corrected chi connectivity index (χ4v) is 1.40. The quantitative estimate of drug-likeness (QED) is 0.891. The Morgan fingerprint density at radius 2 is 2.00 bits per heavy atom. The minimum atomic E-state index is -4.64. The third kappa shape index (κ3) is 3.74. The molecule has 1 aromatic carbocycles. The van der Waals surface area contributed by atoms with E-state index in [-0.39, 0.29) is 5.56 Å². The normalized spacial score (nSPS) is 13.4. The van der Waals surface area contributed by atoms with Gasteiger partial charge in [-0.2, -0.15) is 13.2 Å². The summed E-state index contributed by atoms with van der Waals surface area (Å²) in [4.78, 5) is 10.3. The Morgan fingerprint density at radius 3 is 2.47 bits per heavy atom. The molecule has 0 heterocycles. The molecule has 1 aromatic rings. The molecule has 17 heavy (non-hydrogen) atoms. The Hall–Kier alpha value is -1.56. The lowest BCUT2D eigenvalue weighted by Gasteiger charge is -2.21. The molecule has 94 valence electrons. The Balaban J connectivity index is 2.99. The summed E-state index contributed by atoms with van der Waals surface area (Å²) in [6, 6.07) is 5.84. The standard InChI is InChI=1S/C11H11F3O3/c1-7-4-2-3-5-8(7)10(11(12,13)14)17-6-9(15)16/h2-5,10H,6H2,1H3,(H,15,16)/t10-/m0/s1.